The average Bonchev–Trinajstić information content (AvgIpc) is 2.37. The van der Waals surface area contributed by atoms with Gasteiger partial charge in [-0.1, -0.05) is 12.1 Å². The Morgan fingerprint density at radius 2 is 2.00 bits per heavy atom. The van der Waals surface area contributed by atoms with E-state index in [9.17, 15) is 14.4 Å². The lowest BCUT2D eigenvalue weighted by Crippen LogP contribution is -2.42. The fourth-order valence-electron chi connectivity index (χ4n) is 1.66. The van der Waals surface area contributed by atoms with Gasteiger partial charge in [0.1, 0.15) is 5.75 Å². The molecular formula is C14H18N2O4. The number of likely N-dealkylation sites (N-methyl/N-ethyl adjacent to an activating group) is 1. The zero-order chi connectivity index (χ0) is 15.3. The van der Waals surface area contributed by atoms with Crippen molar-refractivity contribution in [1.29, 1.82) is 0 Å². The highest BCUT2D eigenvalue weighted by Gasteiger charge is 2.20. The highest BCUT2D eigenvalue weighted by atomic mass is 16.5. The van der Waals surface area contributed by atoms with Gasteiger partial charge in [-0.2, -0.15) is 0 Å². The minimum absolute atomic E-state index is 0.0831. The van der Waals surface area contributed by atoms with Gasteiger partial charge in [0.2, 0.25) is 5.91 Å². The molecule has 2 amide bonds. The number of hydrogen-bond acceptors (Lipinski definition) is 4. The molecule has 6 nitrogen and oxygen atoms in total. The molecule has 20 heavy (non-hydrogen) atoms. The summed E-state index contributed by atoms with van der Waals surface area (Å²) in [5.74, 6) is -0.616. The maximum atomic E-state index is 11.9. The quantitative estimate of drug-likeness (QED) is 0.772. The second-order valence-electron chi connectivity index (χ2n) is 4.50. The van der Waals surface area contributed by atoms with Crippen molar-refractivity contribution in [1.82, 2.24) is 4.90 Å². The molecule has 0 spiro atoms. The van der Waals surface area contributed by atoms with E-state index in [2.05, 4.69) is 0 Å². The minimum Gasteiger partial charge on any atom is -0.481 e. The predicted octanol–water partition coefficient (Wildman–Crippen LogP) is 0.600. The van der Waals surface area contributed by atoms with Gasteiger partial charge < -0.3 is 15.4 Å². The zero-order valence-electron chi connectivity index (χ0n) is 11.8. The molecule has 0 fully saturated rings. The van der Waals surface area contributed by atoms with E-state index in [4.69, 9.17) is 10.5 Å². The predicted molar refractivity (Wildman–Crippen MR) is 73.4 cm³/mol. The Hall–Kier alpha value is -2.37. The number of Topliss-reactive ketones (excluding diaryl/α,β-unsaturated/α-hetero) is 1. The van der Waals surface area contributed by atoms with Gasteiger partial charge in [0.15, 0.2) is 11.9 Å². The second-order valence-corrected chi connectivity index (χ2v) is 4.50. The number of amides is 2. The molecule has 0 saturated carbocycles. The third-order valence-corrected chi connectivity index (χ3v) is 2.67. The van der Waals surface area contributed by atoms with E-state index in [1.54, 1.807) is 31.2 Å². The fraction of sp³-hybridized carbons (Fsp3) is 0.357. The van der Waals surface area contributed by atoms with E-state index in [-0.39, 0.29) is 18.2 Å². The van der Waals surface area contributed by atoms with Crippen LogP contribution in [0.4, 0.5) is 0 Å². The minimum atomic E-state index is -0.776. The zero-order valence-corrected chi connectivity index (χ0v) is 11.8. The van der Waals surface area contributed by atoms with E-state index < -0.39 is 12.0 Å². The van der Waals surface area contributed by atoms with Crippen LogP contribution in [0.1, 0.15) is 24.2 Å². The summed E-state index contributed by atoms with van der Waals surface area (Å²) >= 11 is 0. The summed E-state index contributed by atoms with van der Waals surface area (Å²) in [7, 11) is 1.47. The van der Waals surface area contributed by atoms with E-state index in [0.29, 0.717) is 11.3 Å². The Kier molecular flexibility index (Phi) is 5.25. The van der Waals surface area contributed by atoms with Gasteiger partial charge in [-0.25, -0.2) is 0 Å². The highest BCUT2D eigenvalue weighted by Crippen LogP contribution is 2.16. The van der Waals surface area contributed by atoms with Crippen LogP contribution in [0.5, 0.6) is 5.75 Å². The molecule has 6 heteroatoms. The smallest absolute Gasteiger partial charge is 0.263 e. The van der Waals surface area contributed by atoms with Gasteiger partial charge in [0, 0.05) is 12.6 Å². The summed E-state index contributed by atoms with van der Waals surface area (Å²) in [6.07, 6.45) is -0.776. The summed E-state index contributed by atoms with van der Waals surface area (Å²) in [5.41, 5.74) is 5.53. The highest BCUT2D eigenvalue weighted by molar-refractivity contribution is 5.94. The average molecular weight is 278 g/mol. The molecule has 0 aromatic heterocycles. The van der Waals surface area contributed by atoms with Gasteiger partial charge in [-0.3, -0.25) is 14.4 Å². The molecular weight excluding hydrogens is 260 g/mol. The number of ketones is 1. The third-order valence-electron chi connectivity index (χ3n) is 2.67. The Morgan fingerprint density at radius 3 is 2.55 bits per heavy atom. The molecule has 0 unspecified atom stereocenters. The number of primary amides is 1. The van der Waals surface area contributed by atoms with E-state index in [1.807, 2.05) is 0 Å². The summed E-state index contributed by atoms with van der Waals surface area (Å²) in [6.45, 7) is 2.86. The Bertz CT molecular complexity index is 528. The van der Waals surface area contributed by atoms with Crippen molar-refractivity contribution in [3.8, 4) is 5.75 Å². The standard InChI is InChI=1S/C14H18N2O4/c1-9(17)11-5-4-6-12(7-11)20-10(2)14(19)16(3)8-13(15)18/h4-7,10H,8H2,1-3H3,(H2,15,18)/t10-/m0/s1. The molecule has 1 aromatic rings. The monoisotopic (exact) mass is 278 g/mol. The lowest BCUT2D eigenvalue weighted by Gasteiger charge is -2.21. The van der Waals surface area contributed by atoms with Crippen LogP contribution in [-0.4, -0.2) is 42.2 Å². The molecule has 1 atom stereocenters. The normalized spacial score (nSPS) is 11.6. The lowest BCUT2D eigenvalue weighted by molar-refractivity contribution is -0.139. The largest absolute Gasteiger partial charge is 0.481 e. The molecule has 0 aliphatic rings. The van der Waals surface area contributed by atoms with Crippen LogP contribution >= 0.6 is 0 Å². The molecule has 1 rings (SSSR count). The molecule has 0 aliphatic carbocycles. The van der Waals surface area contributed by atoms with Crippen LogP contribution < -0.4 is 10.5 Å². The molecule has 108 valence electrons. The first-order valence-electron chi connectivity index (χ1n) is 6.12. The summed E-state index contributed by atoms with van der Waals surface area (Å²) in [6, 6.07) is 6.57. The van der Waals surface area contributed by atoms with Gasteiger partial charge in [-0.15, -0.1) is 0 Å². The molecule has 1 aromatic carbocycles. The van der Waals surface area contributed by atoms with Gasteiger partial charge in [0.25, 0.3) is 5.91 Å². The van der Waals surface area contributed by atoms with Crippen LogP contribution in [0.3, 0.4) is 0 Å². The molecule has 2 N–H and O–H groups in total. The van der Waals surface area contributed by atoms with Crippen LogP contribution in [0.15, 0.2) is 24.3 Å². The Morgan fingerprint density at radius 1 is 1.35 bits per heavy atom. The maximum Gasteiger partial charge on any atom is 0.263 e. The number of ether oxygens (including phenoxy) is 1. The van der Waals surface area contributed by atoms with E-state index in [1.165, 1.54) is 18.9 Å². The van der Waals surface area contributed by atoms with Gasteiger partial charge in [0.05, 0.1) is 6.54 Å². The van der Waals surface area contributed by atoms with Crippen LogP contribution in [-0.2, 0) is 9.59 Å². The number of nitrogens with two attached hydrogens (primary N) is 1. The van der Waals surface area contributed by atoms with Gasteiger partial charge >= 0.3 is 0 Å². The fourth-order valence-corrected chi connectivity index (χ4v) is 1.66. The maximum absolute atomic E-state index is 11.9. The third kappa shape index (κ3) is 4.38. The van der Waals surface area contributed by atoms with Crippen molar-refractivity contribution in [2.24, 2.45) is 5.73 Å². The van der Waals surface area contributed by atoms with Crippen molar-refractivity contribution < 1.29 is 19.1 Å². The second kappa shape index (κ2) is 6.70. The summed E-state index contributed by atoms with van der Waals surface area (Å²) in [5, 5.41) is 0. The molecule has 0 aliphatic heterocycles. The first-order valence-corrected chi connectivity index (χ1v) is 6.12. The van der Waals surface area contributed by atoms with Gasteiger partial charge in [-0.05, 0) is 26.0 Å². The van der Waals surface area contributed by atoms with Crippen molar-refractivity contribution >= 4 is 17.6 Å². The van der Waals surface area contributed by atoms with Crippen molar-refractivity contribution in [2.45, 2.75) is 20.0 Å². The van der Waals surface area contributed by atoms with Crippen LogP contribution in [0, 0.1) is 0 Å². The van der Waals surface area contributed by atoms with Crippen molar-refractivity contribution in [3.05, 3.63) is 29.8 Å². The summed E-state index contributed by atoms with van der Waals surface area (Å²) in [4.78, 5) is 35.2. The first-order chi connectivity index (χ1) is 9.31. The number of benzene rings is 1. The van der Waals surface area contributed by atoms with E-state index >= 15 is 0 Å². The number of nitrogens with zero attached hydrogens (tertiary/aromatic N) is 1. The molecule has 0 saturated heterocycles. The number of hydrogen-bond donors (Lipinski definition) is 1. The number of carbonyl (C=O) groups excluding carboxylic acids is 3. The van der Waals surface area contributed by atoms with Crippen LogP contribution in [0.25, 0.3) is 0 Å². The number of rotatable bonds is 6. The Labute approximate surface area is 117 Å². The summed E-state index contributed by atoms with van der Waals surface area (Å²) < 4.78 is 5.47. The molecule has 0 heterocycles. The van der Waals surface area contributed by atoms with Crippen LogP contribution in [0.2, 0.25) is 0 Å². The molecule has 0 bridgehead atoms. The van der Waals surface area contributed by atoms with Crippen molar-refractivity contribution in [3.63, 3.8) is 0 Å². The van der Waals surface area contributed by atoms with E-state index in [0.717, 1.165) is 0 Å². The lowest BCUT2D eigenvalue weighted by atomic mass is 10.1. The number of carbonyl (C=O) groups is 3. The Balaban J connectivity index is 2.72. The topological polar surface area (TPSA) is 89.7 Å². The SMILES string of the molecule is CC(=O)c1cccc(O[C@@H](C)C(=O)N(C)CC(N)=O)c1. The van der Waals surface area contributed by atoms with Crippen molar-refractivity contribution in [2.75, 3.05) is 13.6 Å². The first kappa shape index (κ1) is 15.7. The molecule has 0 radical (unpaired) electrons.